The summed E-state index contributed by atoms with van der Waals surface area (Å²) in [4.78, 5) is 17.2. The van der Waals surface area contributed by atoms with Crippen LogP contribution in [0.2, 0.25) is 0 Å². The van der Waals surface area contributed by atoms with E-state index in [4.69, 9.17) is 4.74 Å². The number of hydrogen-bond acceptors (Lipinski definition) is 4. The summed E-state index contributed by atoms with van der Waals surface area (Å²) < 4.78 is 5.17. The van der Waals surface area contributed by atoms with Crippen molar-refractivity contribution in [3.8, 4) is 0 Å². The zero-order valence-electron chi connectivity index (χ0n) is 17.9. The van der Waals surface area contributed by atoms with Crippen LogP contribution in [0.1, 0.15) is 27.9 Å². The van der Waals surface area contributed by atoms with Crippen molar-refractivity contribution in [2.24, 2.45) is 5.92 Å². The molecule has 1 aliphatic heterocycles. The van der Waals surface area contributed by atoms with Crippen LogP contribution >= 0.6 is 0 Å². The predicted molar refractivity (Wildman–Crippen MR) is 118 cm³/mol. The molecule has 1 atom stereocenters. The minimum Gasteiger partial charge on any atom is -0.383 e. The summed E-state index contributed by atoms with van der Waals surface area (Å²) in [6.07, 6.45) is 1.14. The van der Waals surface area contributed by atoms with Crippen molar-refractivity contribution >= 4 is 11.6 Å². The van der Waals surface area contributed by atoms with Crippen molar-refractivity contribution in [2.75, 3.05) is 52.3 Å². The summed E-state index contributed by atoms with van der Waals surface area (Å²) in [6, 6.07) is 16.3. The Hall–Kier alpha value is -2.37. The first-order valence-corrected chi connectivity index (χ1v) is 10.4. The first-order valence-electron chi connectivity index (χ1n) is 10.4. The van der Waals surface area contributed by atoms with Gasteiger partial charge in [0.05, 0.1) is 6.61 Å². The highest BCUT2D eigenvalue weighted by molar-refractivity contribution is 5.95. The zero-order valence-corrected chi connectivity index (χ0v) is 17.9. The third-order valence-corrected chi connectivity index (χ3v) is 5.59. The molecule has 1 aliphatic rings. The number of carbonyl (C=O) groups excluding carboxylic acids is 1. The minimum absolute atomic E-state index is 0.0827. The van der Waals surface area contributed by atoms with Gasteiger partial charge in [-0.2, -0.15) is 0 Å². The van der Waals surface area contributed by atoms with Gasteiger partial charge in [-0.25, -0.2) is 0 Å². The highest BCUT2D eigenvalue weighted by Gasteiger charge is 2.25. The van der Waals surface area contributed by atoms with Gasteiger partial charge in [0.15, 0.2) is 0 Å². The fourth-order valence-corrected chi connectivity index (χ4v) is 3.85. The van der Waals surface area contributed by atoms with Crippen LogP contribution in [0.25, 0.3) is 0 Å². The van der Waals surface area contributed by atoms with Crippen LogP contribution in [0.5, 0.6) is 0 Å². The van der Waals surface area contributed by atoms with E-state index in [0.29, 0.717) is 5.92 Å². The number of ether oxygens (including phenoxy) is 1. The Morgan fingerprint density at radius 1 is 1.24 bits per heavy atom. The molecule has 1 unspecified atom stereocenters. The number of nitrogens with zero attached hydrogens (tertiary/aromatic N) is 2. The Balaban J connectivity index is 1.52. The molecular formula is C24H33N3O2. The van der Waals surface area contributed by atoms with Crippen LogP contribution in [-0.4, -0.2) is 62.7 Å². The van der Waals surface area contributed by atoms with Crippen LogP contribution in [0.4, 0.5) is 5.69 Å². The predicted octanol–water partition coefficient (Wildman–Crippen LogP) is 3.65. The number of likely N-dealkylation sites (tertiary alicyclic amines) is 1. The molecule has 0 saturated carbocycles. The number of hydrogen-bond donors (Lipinski definition) is 1. The molecule has 1 amide bonds. The van der Waals surface area contributed by atoms with Crippen LogP contribution < -0.4 is 5.32 Å². The summed E-state index contributed by atoms with van der Waals surface area (Å²) in [5.41, 5.74) is 4.18. The van der Waals surface area contributed by atoms with Gasteiger partial charge < -0.3 is 19.9 Å². The monoisotopic (exact) mass is 395 g/mol. The number of methoxy groups -OCH3 is 1. The number of carbonyl (C=O) groups is 1. The summed E-state index contributed by atoms with van der Waals surface area (Å²) in [6.45, 7) is 7.50. The molecule has 0 aliphatic carbocycles. The maximum atomic E-state index is 12.9. The van der Waals surface area contributed by atoms with Gasteiger partial charge in [0.1, 0.15) is 0 Å². The third-order valence-electron chi connectivity index (χ3n) is 5.59. The van der Waals surface area contributed by atoms with Gasteiger partial charge in [0.25, 0.3) is 5.91 Å². The van der Waals surface area contributed by atoms with Crippen molar-refractivity contribution in [1.82, 2.24) is 9.80 Å². The number of anilines is 1. The van der Waals surface area contributed by atoms with E-state index in [1.54, 1.807) is 7.11 Å². The molecule has 29 heavy (non-hydrogen) atoms. The molecule has 156 valence electrons. The van der Waals surface area contributed by atoms with Crippen molar-refractivity contribution in [1.29, 1.82) is 0 Å². The smallest absolute Gasteiger partial charge is 0.253 e. The quantitative estimate of drug-likeness (QED) is 0.704. The van der Waals surface area contributed by atoms with E-state index in [-0.39, 0.29) is 5.91 Å². The molecule has 0 spiro atoms. The van der Waals surface area contributed by atoms with Crippen LogP contribution in [0.15, 0.2) is 48.5 Å². The first-order chi connectivity index (χ1) is 14.0. The van der Waals surface area contributed by atoms with E-state index >= 15 is 0 Å². The van der Waals surface area contributed by atoms with Crippen LogP contribution in [-0.2, 0) is 11.3 Å². The minimum atomic E-state index is 0.0827. The van der Waals surface area contributed by atoms with Crippen LogP contribution in [0, 0.1) is 12.8 Å². The van der Waals surface area contributed by atoms with Crippen molar-refractivity contribution < 1.29 is 9.53 Å². The van der Waals surface area contributed by atoms with Gasteiger partial charge in [-0.1, -0.05) is 35.9 Å². The highest BCUT2D eigenvalue weighted by atomic mass is 16.5. The van der Waals surface area contributed by atoms with E-state index in [1.807, 2.05) is 36.2 Å². The first kappa shape index (κ1) is 21.3. The number of benzene rings is 2. The van der Waals surface area contributed by atoms with Crippen molar-refractivity contribution in [2.45, 2.75) is 19.9 Å². The Kier molecular flexibility index (Phi) is 7.67. The summed E-state index contributed by atoms with van der Waals surface area (Å²) in [7, 11) is 3.65. The van der Waals surface area contributed by atoms with Gasteiger partial charge in [-0.3, -0.25) is 4.79 Å². The Bertz CT molecular complexity index is 791. The lowest BCUT2D eigenvalue weighted by molar-refractivity contribution is 0.0772. The Morgan fingerprint density at radius 2 is 2.03 bits per heavy atom. The summed E-state index contributed by atoms with van der Waals surface area (Å²) in [5, 5.41) is 3.42. The summed E-state index contributed by atoms with van der Waals surface area (Å²) >= 11 is 0. The van der Waals surface area contributed by atoms with E-state index in [0.717, 1.165) is 57.0 Å². The molecule has 1 saturated heterocycles. The Labute approximate surface area is 174 Å². The fourth-order valence-electron chi connectivity index (χ4n) is 3.85. The van der Waals surface area contributed by atoms with E-state index in [9.17, 15) is 4.79 Å². The molecule has 1 fully saturated rings. The number of aryl methyl sites for hydroxylation is 1. The van der Waals surface area contributed by atoms with Gasteiger partial charge in [0.2, 0.25) is 0 Å². The molecule has 2 aromatic rings. The van der Waals surface area contributed by atoms with Gasteiger partial charge in [-0.05, 0) is 49.6 Å². The molecule has 0 radical (unpaired) electrons. The lowest BCUT2D eigenvalue weighted by Gasteiger charge is -2.22. The SMILES string of the molecule is COCCN1CCC(CN(C)C(=O)c2cccc(NCc3ccc(C)cc3)c2)C1. The van der Waals surface area contributed by atoms with E-state index < -0.39 is 0 Å². The lowest BCUT2D eigenvalue weighted by Crippen LogP contribution is -2.33. The molecule has 1 heterocycles. The second-order valence-corrected chi connectivity index (χ2v) is 8.05. The highest BCUT2D eigenvalue weighted by Crippen LogP contribution is 2.19. The maximum absolute atomic E-state index is 12.9. The maximum Gasteiger partial charge on any atom is 0.253 e. The second-order valence-electron chi connectivity index (χ2n) is 8.05. The van der Waals surface area contributed by atoms with E-state index in [1.165, 1.54) is 11.1 Å². The molecule has 5 heteroatoms. The largest absolute Gasteiger partial charge is 0.383 e. The van der Waals surface area contributed by atoms with Crippen LogP contribution in [0.3, 0.4) is 0 Å². The lowest BCUT2D eigenvalue weighted by atomic mass is 10.1. The number of rotatable bonds is 9. The average Bonchev–Trinajstić information content (AvgIpc) is 3.18. The molecule has 1 N–H and O–H groups in total. The van der Waals surface area contributed by atoms with Crippen molar-refractivity contribution in [3.05, 3.63) is 65.2 Å². The standard InChI is InChI=1S/C24H33N3O2/c1-19-7-9-20(10-8-19)16-25-23-6-4-5-22(15-23)24(28)26(2)17-21-11-12-27(18-21)13-14-29-3/h4-10,15,21,25H,11-14,16-18H2,1-3H3. The summed E-state index contributed by atoms with van der Waals surface area (Å²) in [5.74, 6) is 0.614. The zero-order chi connectivity index (χ0) is 20.6. The molecule has 5 nitrogen and oxygen atoms in total. The Morgan fingerprint density at radius 3 is 2.79 bits per heavy atom. The molecule has 0 aromatic heterocycles. The molecular weight excluding hydrogens is 362 g/mol. The average molecular weight is 396 g/mol. The van der Waals surface area contributed by atoms with Gasteiger partial charge in [0, 0.05) is 51.6 Å². The normalized spacial score (nSPS) is 16.7. The molecule has 3 rings (SSSR count). The molecule has 2 aromatic carbocycles. The van der Waals surface area contributed by atoms with Gasteiger partial charge in [-0.15, -0.1) is 0 Å². The topological polar surface area (TPSA) is 44.8 Å². The van der Waals surface area contributed by atoms with E-state index in [2.05, 4.69) is 41.4 Å². The molecule has 0 bridgehead atoms. The second kappa shape index (κ2) is 10.4. The number of amides is 1. The van der Waals surface area contributed by atoms with Gasteiger partial charge >= 0.3 is 0 Å². The fraction of sp³-hybridized carbons (Fsp3) is 0.458. The number of nitrogens with one attached hydrogen (secondary N) is 1. The van der Waals surface area contributed by atoms with Crippen molar-refractivity contribution in [3.63, 3.8) is 0 Å². The third kappa shape index (κ3) is 6.31.